The van der Waals surface area contributed by atoms with Gasteiger partial charge in [-0.25, -0.2) is 23.1 Å². The third-order valence-corrected chi connectivity index (χ3v) is 3.97. The summed E-state index contributed by atoms with van der Waals surface area (Å²) < 4.78 is 25.9. The molecule has 1 aromatic rings. The Morgan fingerprint density at radius 1 is 1.47 bits per heavy atom. The van der Waals surface area contributed by atoms with E-state index in [1.54, 1.807) is 13.0 Å². The lowest BCUT2D eigenvalue weighted by Gasteiger charge is -2.13. The fourth-order valence-electron chi connectivity index (χ4n) is 1.31. The number of nitrogens with one attached hydrogen (secondary N) is 1. The molecule has 7 heteroatoms. The molecule has 0 bridgehead atoms. The maximum Gasteiger partial charge on any atom is 0.212 e. The Hall–Kier alpha value is -0.720. The molecule has 0 fully saturated rings. The van der Waals surface area contributed by atoms with Crippen molar-refractivity contribution in [2.24, 2.45) is 0 Å². The number of halogens is 1. The zero-order valence-corrected chi connectivity index (χ0v) is 11.4. The van der Waals surface area contributed by atoms with E-state index in [-0.39, 0.29) is 5.75 Å². The predicted molar refractivity (Wildman–Crippen MR) is 67.3 cm³/mol. The minimum Gasteiger partial charge on any atom is -0.240 e. The van der Waals surface area contributed by atoms with Gasteiger partial charge in [0.2, 0.25) is 10.0 Å². The molecule has 0 aliphatic rings. The van der Waals surface area contributed by atoms with Gasteiger partial charge in [-0.05, 0) is 19.4 Å². The van der Waals surface area contributed by atoms with Crippen LogP contribution in [0.1, 0.15) is 38.4 Å². The van der Waals surface area contributed by atoms with Crippen LogP contribution in [-0.2, 0) is 10.0 Å². The standard InChI is InChI=1S/C10H16ClN3O2S/c1-3-4-5-17(15,16)14-8(2)9-6-10(11)13-7-12-9/h6-8,14H,3-5H2,1-2H3. The molecular weight excluding hydrogens is 262 g/mol. The van der Waals surface area contributed by atoms with Crippen molar-refractivity contribution in [3.05, 3.63) is 23.2 Å². The number of hydrogen-bond donors (Lipinski definition) is 1. The highest BCUT2D eigenvalue weighted by Gasteiger charge is 2.16. The Morgan fingerprint density at radius 3 is 2.76 bits per heavy atom. The molecule has 0 radical (unpaired) electrons. The van der Waals surface area contributed by atoms with Crippen LogP contribution in [0.4, 0.5) is 0 Å². The molecule has 1 aromatic heterocycles. The van der Waals surface area contributed by atoms with Crippen LogP contribution in [0.15, 0.2) is 12.4 Å². The Morgan fingerprint density at radius 2 is 2.18 bits per heavy atom. The molecule has 96 valence electrons. The van der Waals surface area contributed by atoms with Gasteiger partial charge in [0.05, 0.1) is 17.5 Å². The molecule has 1 N–H and O–H groups in total. The highest BCUT2D eigenvalue weighted by molar-refractivity contribution is 7.89. The van der Waals surface area contributed by atoms with Gasteiger partial charge in [-0.15, -0.1) is 0 Å². The third kappa shape index (κ3) is 4.97. The molecule has 5 nitrogen and oxygen atoms in total. The van der Waals surface area contributed by atoms with Gasteiger partial charge in [-0.3, -0.25) is 0 Å². The van der Waals surface area contributed by atoms with Gasteiger partial charge in [0.25, 0.3) is 0 Å². The molecule has 0 saturated heterocycles. The molecular formula is C10H16ClN3O2S. The van der Waals surface area contributed by atoms with E-state index in [0.717, 1.165) is 6.42 Å². The van der Waals surface area contributed by atoms with Crippen molar-refractivity contribution in [1.82, 2.24) is 14.7 Å². The van der Waals surface area contributed by atoms with Crippen molar-refractivity contribution in [2.75, 3.05) is 5.75 Å². The number of unbranched alkanes of at least 4 members (excludes halogenated alkanes) is 1. The van der Waals surface area contributed by atoms with Gasteiger partial charge < -0.3 is 0 Å². The summed E-state index contributed by atoms with van der Waals surface area (Å²) in [5.74, 6) is 0.132. The summed E-state index contributed by atoms with van der Waals surface area (Å²) in [5.41, 5.74) is 0.560. The summed E-state index contributed by atoms with van der Waals surface area (Å²) in [6.07, 6.45) is 2.80. The van der Waals surface area contributed by atoms with Gasteiger partial charge in [-0.2, -0.15) is 0 Å². The van der Waals surface area contributed by atoms with Crippen LogP contribution in [0.3, 0.4) is 0 Å². The summed E-state index contributed by atoms with van der Waals surface area (Å²) in [7, 11) is -3.26. The SMILES string of the molecule is CCCCS(=O)(=O)NC(C)c1cc(Cl)ncn1. The first kappa shape index (κ1) is 14.3. The first-order chi connectivity index (χ1) is 7.94. The second-order valence-electron chi connectivity index (χ2n) is 3.78. The molecule has 0 aromatic carbocycles. The minimum atomic E-state index is -3.26. The fraction of sp³-hybridized carbons (Fsp3) is 0.600. The summed E-state index contributed by atoms with van der Waals surface area (Å²) >= 11 is 5.72. The molecule has 0 amide bonds. The summed E-state index contributed by atoms with van der Waals surface area (Å²) in [6, 6.07) is 1.14. The predicted octanol–water partition coefficient (Wildman–Crippen LogP) is 1.91. The lowest BCUT2D eigenvalue weighted by molar-refractivity contribution is 0.560. The number of nitrogens with zero attached hydrogens (tertiary/aromatic N) is 2. The van der Waals surface area contributed by atoms with Crippen LogP contribution < -0.4 is 4.72 Å². The number of aromatic nitrogens is 2. The zero-order valence-electron chi connectivity index (χ0n) is 9.85. The topological polar surface area (TPSA) is 72.0 Å². The minimum absolute atomic E-state index is 0.132. The average molecular weight is 278 g/mol. The molecule has 1 unspecified atom stereocenters. The van der Waals surface area contributed by atoms with Gasteiger partial charge in [0.15, 0.2) is 0 Å². The van der Waals surface area contributed by atoms with Crippen molar-refractivity contribution in [3.63, 3.8) is 0 Å². The van der Waals surface area contributed by atoms with Crippen molar-refractivity contribution in [3.8, 4) is 0 Å². The first-order valence-electron chi connectivity index (χ1n) is 5.42. The van der Waals surface area contributed by atoms with Crippen LogP contribution in [0.25, 0.3) is 0 Å². The fourth-order valence-corrected chi connectivity index (χ4v) is 2.91. The van der Waals surface area contributed by atoms with Gasteiger partial charge >= 0.3 is 0 Å². The van der Waals surface area contributed by atoms with Crippen LogP contribution in [0.2, 0.25) is 5.15 Å². The molecule has 1 heterocycles. The maximum atomic E-state index is 11.7. The zero-order chi connectivity index (χ0) is 12.9. The van der Waals surface area contributed by atoms with Gasteiger partial charge in [0, 0.05) is 0 Å². The monoisotopic (exact) mass is 277 g/mol. The van der Waals surface area contributed by atoms with Gasteiger partial charge in [0.1, 0.15) is 11.5 Å². The van der Waals surface area contributed by atoms with E-state index < -0.39 is 16.1 Å². The van der Waals surface area contributed by atoms with Crippen LogP contribution in [0, 0.1) is 0 Å². The smallest absolute Gasteiger partial charge is 0.212 e. The van der Waals surface area contributed by atoms with E-state index >= 15 is 0 Å². The van der Waals surface area contributed by atoms with E-state index in [1.807, 2.05) is 6.92 Å². The normalized spacial score (nSPS) is 13.6. The third-order valence-electron chi connectivity index (χ3n) is 2.22. The molecule has 17 heavy (non-hydrogen) atoms. The molecule has 0 spiro atoms. The van der Waals surface area contributed by atoms with Crippen LogP contribution in [-0.4, -0.2) is 24.1 Å². The van der Waals surface area contributed by atoms with Crippen molar-refractivity contribution < 1.29 is 8.42 Å². The van der Waals surface area contributed by atoms with E-state index in [2.05, 4.69) is 14.7 Å². The molecule has 1 rings (SSSR count). The van der Waals surface area contributed by atoms with Crippen LogP contribution in [0.5, 0.6) is 0 Å². The summed E-state index contributed by atoms with van der Waals surface area (Å²) in [6.45, 7) is 3.67. The average Bonchev–Trinajstić information content (AvgIpc) is 2.26. The summed E-state index contributed by atoms with van der Waals surface area (Å²) in [4.78, 5) is 7.73. The van der Waals surface area contributed by atoms with Crippen molar-refractivity contribution in [1.29, 1.82) is 0 Å². The molecule has 0 aliphatic heterocycles. The largest absolute Gasteiger partial charge is 0.240 e. The van der Waals surface area contributed by atoms with Gasteiger partial charge in [-0.1, -0.05) is 24.9 Å². The Bertz CT molecular complexity index is 464. The highest BCUT2D eigenvalue weighted by atomic mass is 35.5. The number of hydrogen-bond acceptors (Lipinski definition) is 4. The Balaban J connectivity index is 2.69. The maximum absolute atomic E-state index is 11.7. The number of rotatable bonds is 6. The second-order valence-corrected chi connectivity index (χ2v) is 6.04. The lowest BCUT2D eigenvalue weighted by atomic mass is 10.2. The summed E-state index contributed by atoms with van der Waals surface area (Å²) in [5, 5.41) is 0.301. The van der Waals surface area contributed by atoms with Crippen molar-refractivity contribution in [2.45, 2.75) is 32.7 Å². The van der Waals surface area contributed by atoms with E-state index in [1.165, 1.54) is 6.33 Å². The Labute approximate surface area is 107 Å². The first-order valence-corrected chi connectivity index (χ1v) is 7.45. The Kier molecular flexibility index (Phi) is 5.30. The molecule has 0 aliphatic carbocycles. The van der Waals surface area contributed by atoms with E-state index in [9.17, 15) is 8.42 Å². The highest BCUT2D eigenvalue weighted by Crippen LogP contribution is 2.13. The quantitative estimate of drug-likeness (QED) is 0.806. The molecule has 1 atom stereocenters. The lowest BCUT2D eigenvalue weighted by Crippen LogP contribution is -2.29. The van der Waals surface area contributed by atoms with E-state index in [4.69, 9.17) is 11.6 Å². The number of sulfonamides is 1. The van der Waals surface area contributed by atoms with Crippen LogP contribution >= 0.6 is 11.6 Å². The second kappa shape index (κ2) is 6.28. The van der Waals surface area contributed by atoms with Crippen molar-refractivity contribution >= 4 is 21.6 Å². The molecule has 0 saturated carbocycles. The van der Waals surface area contributed by atoms with E-state index in [0.29, 0.717) is 17.3 Å².